The average Bonchev–Trinajstić information content (AvgIpc) is 2.42. The molecule has 1 aromatic heterocycles. The molecule has 0 bridgehead atoms. The maximum atomic E-state index is 12.0. The second-order valence-corrected chi connectivity index (χ2v) is 4.05. The highest BCUT2D eigenvalue weighted by Crippen LogP contribution is 2.12. The minimum Gasteiger partial charge on any atom is -0.310 e. The van der Waals surface area contributed by atoms with Crippen LogP contribution in [0, 0.1) is 0 Å². The quantitative estimate of drug-likeness (QED) is 0.769. The minimum atomic E-state index is -0.500. The molecule has 4 nitrogen and oxygen atoms in total. The van der Waals surface area contributed by atoms with Gasteiger partial charge >= 0.3 is 11.1 Å². The molecule has 0 aliphatic carbocycles. The zero-order chi connectivity index (χ0) is 13.1. The zero-order valence-corrected chi connectivity index (χ0v) is 10.6. The summed E-state index contributed by atoms with van der Waals surface area (Å²) in [6.07, 6.45) is 4.12. The van der Waals surface area contributed by atoms with Crippen molar-refractivity contribution in [2.75, 3.05) is 0 Å². The van der Waals surface area contributed by atoms with E-state index in [1.165, 1.54) is 9.13 Å². The number of aryl methyl sites for hydroxylation is 2. The van der Waals surface area contributed by atoms with Crippen LogP contribution in [0.4, 0.5) is 0 Å². The average molecular weight is 244 g/mol. The Hall–Kier alpha value is -2.10. The number of nitrogens with zero attached hydrogens (tertiary/aromatic N) is 2. The van der Waals surface area contributed by atoms with Crippen molar-refractivity contribution in [2.24, 2.45) is 0 Å². The van der Waals surface area contributed by atoms with Crippen LogP contribution in [0.2, 0.25) is 0 Å². The van der Waals surface area contributed by atoms with Crippen molar-refractivity contribution in [1.29, 1.82) is 0 Å². The van der Waals surface area contributed by atoms with Gasteiger partial charge in [-0.25, -0.2) is 0 Å². The molecule has 94 valence electrons. The molecular weight excluding hydrogens is 228 g/mol. The molecule has 0 fully saturated rings. The Balaban J connectivity index is 2.70. The Morgan fingerprint density at radius 3 is 2.39 bits per heavy atom. The van der Waals surface area contributed by atoms with Crippen LogP contribution in [0.3, 0.4) is 0 Å². The molecular formula is C14H16N2O2. The van der Waals surface area contributed by atoms with E-state index in [0.717, 1.165) is 17.7 Å². The van der Waals surface area contributed by atoms with Gasteiger partial charge in [-0.2, -0.15) is 0 Å². The molecule has 1 heterocycles. The number of aromatic nitrogens is 2. The fourth-order valence-electron chi connectivity index (χ4n) is 1.99. The van der Waals surface area contributed by atoms with Gasteiger partial charge in [-0.15, -0.1) is 0 Å². The van der Waals surface area contributed by atoms with Crippen molar-refractivity contribution in [2.45, 2.75) is 26.8 Å². The van der Waals surface area contributed by atoms with Crippen molar-refractivity contribution in [1.82, 2.24) is 9.13 Å². The van der Waals surface area contributed by atoms with E-state index in [2.05, 4.69) is 0 Å². The number of para-hydroxylation sites is 1. The molecule has 2 aromatic rings. The van der Waals surface area contributed by atoms with Crippen LogP contribution >= 0.6 is 0 Å². The normalized spacial score (nSPS) is 10.6. The van der Waals surface area contributed by atoms with Crippen molar-refractivity contribution < 1.29 is 0 Å². The molecule has 0 aliphatic rings. The summed E-state index contributed by atoms with van der Waals surface area (Å²) in [6.45, 7) is 4.37. The largest absolute Gasteiger partial charge is 0.320 e. The van der Waals surface area contributed by atoms with Crippen molar-refractivity contribution >= 4 is 0 Å². The fourth-order valence-corrected chi connectivity index (χ4v) is 1.99. The summed E-state index contributed by atoms with van der Waals surface area (Å²) < 4.78 is 2.83. The maximum absolute atomic E-state index is 12.0. The van der Waals surface area contributed by atoms with Crippen LogP contribution < -0.4 is 11.1 Å². The second kappa shape index (κ2) is 5.04. The van der Waals surface area contributed by atoms with Gasteiger partial charge in [0.2, 0.25) is 0 Å². The molecule has 0 atom stereocenters. The van der Waals surface area contributed by atoms with E-state index in [4.69, 9.17) is 0 Å². The number of hydrogen-bond donors (Lipinski definition) is 0. The third-order valence-electron chi connectivity index (χ3n) is 3.03. The molecule has 0 unspecified atom stereocenters. The Kier molecular flexibility index (Phi) is 3.46. The molecule has 0 radical (unpaired) electrons. The lowest BCUT2D eigenvalue weighted by Crippen LogP contribution is -2.39. The minimum absolute atomic E-state index is 0.481. The highest BCUT2D eigenvalue weighted by molar-refractivity contribution is 5.40. The van der Waals surface area contributed by atoms with Gasteiger partial charge in [-0.1, -0.05) is 25.1 Å². The lowest BCUT2D eigenvalue weighted by molar-refractivity contribution is 0.692. The van der Waals surface area contributed by atoms with Crippen LogP contribution in [0.15, 0.2) is 46.2 Å². The van der Waals surface area contributed by atoms with Crippen molar-refractivity contribution in [3.05, 3.63) is 62.9 Å². The maximum Gasteiger partial charge on any atom is 0.320 e. The molecule has 0 spiro atoms. The summed E-state index contributed by atoms with van der Waals surface area (Å²) in [5.74, 6) is 0. The number of benzene rings is 1. The molecule has 18 heavy (non-hydrogen) atoms. The highest BCUT2D eigenvalue weighted by atomic mass is 16.2. The van der Waals surface area contributed by atoms with E-state index in [1.54, 1.807) is 12.4 Å². The van der Waals surface area contributed by atoms with Crippen LogP contribution in [0.25, 0.3) is 5.69 Å². The Morgan fingerprint density at radius 1 is 1.00 bits per heavy atom. The SMILES string of the molecule is CCc1ccccc1-n1ccn(CC)c(=O)c1=O. The van der Waals surface area contributed by atoms with Crippen LogP contribution in [0.1, 0.15) is 19.4 Å². The summed E-state index contributed by atoms with van der Waals surface area (Å²) in [7, 11) is 0. The van der Waals surface area contributed by atoms with E-state index < -0.39 is 11.1 Å². The number of rotatable bonds is 3. The standard InChI is InChI=1S/C14H16N2O2/c1-3-11-7-5-6-8-12(11)16-10-9-15(4-2)13(17)14(16)18/h5-10H,3-4H2,1-2H3. The smallest absolute Gasteiger partial charge is 0.310 e. The van der Waals surface area contributed by atoms with E-state index >= 15 is 0 Å². The van der Waals surface area contributed by atoms with Gasteiger partial charge in [0.15, 0.2) is 0 Å². The molecule has 4 heteroatoms. The second-order valence-electron chi connectivity index (χ2n) is 4.05. The van der Waals surface area contributed by atoms with Crippen molar-refractivity contribution in [3.8, 4) is 5.69 Å². The first-order chi connectivity index (χ1) is 8.69. The van der Waals surface area contributed by atoms with Gasteiger partial charge in [0.1, 0.15) is 0 Å². The highest BCUT2D eigenvalue weighted by Gasteiger charge is 2.08. The van der Waals surface area contributed by atoms with Crippen LogP contribution in [-0.2, 0) is 13.0 Å². The predicted molar refractivity (Wildman–Crippen MR) is 71.4 cm³/mol. The topological polar surface area (TPSA) is 44.0 Å². The van der Waals surface area contributed by atoms with E-state index in [1.807, 2.05) is 38.1 Å². The van der Waals surface area contributed by atoms with Crippen molar-refractivity contribution in [3.63, 3.8) is 0 Å². The molecule has 0 N–H and O–H groups in total. The first-order valence-electron chi connectivity index (χ1n) is 6.09. The van der Waals surface area contributed by atoms with Gasteiger partial charge in [0.25, 0.3) is 0 Å². The third kappa shape index (κ3) is 2.01. The Bertz CT molecular complexity index is 668. The van der Waals surface area contributed by atoms with E-state index in [0.29, 0.717) is 6.54 Å². The molecule has 0 saturated carbocycles. The van der Waals surface area contributed by atoms with E-state index in [9.17, 15) is 9.59 Å². The zero-order valence-electron chi connectivity index (χ0n) is 10.6. The van der Waals surface area contributed by atoms with E-state index in [-0.39, 0.29) is 0 Å². The van der Waals surface area contributed by atoms with Gasteiger partial charge in [-0.05, 0) is 25.0 Å². The summed E-state index contributed by atoms with van der Waals surface area (Å²) in [5.41, 5.74) is 0.852. The third-order valence-corrected chi connectivity index (χ3v) is 3.03. The van der Waals surface area contributed by atoms with Gasteiger partial charge < -0.3 is 4.57 Å². The fraction of sp³-hybridized carbons (Fsp3) is 0.286. The summed E-state index contributed by atoms with van der Waals surface area (Å²) in [4.78, 5) is 23.9. The van der Waals surface area contributed by atoms with Crippen LogP contribution in [0.5, 0.6) is 0 Å². The van der Waals surface area contributed by atoms with Gasteiger partial charge in [0, 0.05) is 18.9 Å². The first-order valence-corrected chi connectivity index (χ1v) is 6.09. The van der Waals surface area contributed by atoms with Gasteiger partial charge in [0.05, 0.1) is 5.69 Å². The Morgan fingerprint density at radius 2 is 1.72 bits per heavy atom. The molecule has 0 amide bonds. The Labute approximate surface area is 105 Å². The molecule has 2 rings (SSSR count). The summed E-state index contributed by atoms with van der Waals surface area (Å²) >= 11 is 0. The first kappa shape index (κ1) is 12.4. The summed E-state index contributed by atoms with van der Waals surface area (Å²) in [6, 6.07) is 7.62. The molecule has 0 saturated heterocycles. The van der Waals surface area contributed by atoms with Crippen LogP contribution in [-0.4, -0.2) is 9.13 Å². The predicted octanol–water partition coefficient (Wildman–Crippen LogP) is 1.58. The monoisotopic (exact) mass is 244 g/mol. The van der Waals surface area contributed by atoms with Gasteiger partial charge in [-0.3, -0.25) is 14.2 Å². The molecule has 1 aromatic carbocycles. The lowest BCUT2D eigenvalue weighted by atomic mass is 10.1. The molecule has 0 aliphatic heterocycles. The number of hydrogen-bond acceptors (Lipinski definition) is 2. The lowest BCUT2D eigenvalue weighted by Gasteiger charge is -2.11. The summed E-state index contributed by atoms with van der Waals surface area (Å²) in [5, 5.41) is 0.